The normalized spacial score (nSPS) is 12.5. The molecule has 3 heteroatoms. The molecule has 108 valence electrons. The third kappa shape index (κ3) is 5.52. The van der Waals surface area contributed by atoms with Gasteiger partial charge in [0.25, 0.3) is 0 Å². The van der Waals surface area contributed by atoms with Gasteiger partial charge in [-0.1, -0.05) is 32.9 Å². The highest BCUT2D eigenvalue weighted by Gasteiger charge is 2.13. The second-order valence-corrected chi connectivity index (χ2v) is 5.10. The van der Waals surface area contributed by atoms with Crippen molar-refractivity contribution in [3.05, 3.63) is 24.3 Å². The number of hydrogen-bond acceptors (Lipinski definition) is 3. The maximum Gasteiger partial charge on any atom is 0.161 e. The van der Waals surface area contributed by atoms with E-state index in [2.05, 4.69) is 26.1 Å². The number of nitrogens with one attached hydrogen (secondary N) is 1. The van der Waals surface area contributed by atoms with Crippen molar-refractivity contribution < 1.29 is 9.47 Å². The molecule has 0 radical (unpaired) electrons. The van der Waals surface area contributed by atoms with Crippen molar-refractivity contribution in [2.75, 3.05) is 26.8 Å². The Morgan fingerprint density at radius 1 is 1.16 bits per heavy atom. The first-order valence-electron chi connectivity index (χ1n) is 7.15. The van der Waals surface area contributed by atoms with Crippen LogP contribution in [0.1, 0.15) is 27.2 Å². The van der Waals surface area contributed by atoms with Crippen LogP contribution in [0.25, 0.3) is 0 Å². The van der Waals surface area contributed by atoms with Crippen LogP contribution >= 0.6 is 0 Å². The molecule has 1 aromatic carbocycles. The van der Waals surface area contributed by atoms with E-state index in [-0.39, 0.29) is 0 Å². The predicted molar refractivity (Wildman–Crippen MR) is 80.0 cm³/mol. The molecule has 1 atom stereocenters. The highest BCUT2D eigenvalue weighted by atomic mass is 16.5. The van der Waals surface area contributed by atoms with Crippen LogP contribution in [0.15, 0.2) is 24.3 Å². The summed E-state index contributed by atoms with van der Waals surface area (Å²) in [6.07, 6.45) is 1.06. The summed E-state index contributed by atoms with van der Waals surface area (Å²) in [6, 6.07) is 7.80. The van der Waals surface area contributed by atoms with Crippen molar-refractivity contribution in [3.63, 3.8) is 0 Å². The summed E-state index contributed by atoms with van der Waals surface area (Å²) in [7, 11) is 1.67. The minimum atomic E-state index is 0.648. The third-order valence-electron chi connectivity index (χ3n) is 3.41. The van der Waals surface area contributed by atoms with Gasteiger partial charge in [-0.3, -0.25) is 0 Å². The number of ether oxygens (including phenoxy) is 2. The molecule has 0 saturated carbocycles. The fraction of sp³-hybridized carbons (Fsp3) is 0.625. The first-order valence-corrected chi connectivity index (χ1v) is 7.15. The van der Waals surface area contributed by atoms with E-state index in [1.807, 2.05) is 24.3 Å². The van der Waals surface area contributed by atoms with Gasteiger partial charge in [-0.15, -0.1) is 0 Å². The molecule has 19 heavy (non-hydrogen) atoms. The van der Waals surface area contributed by atoms with E-state index in [0.29, 0.717) is 11.8 Å². The zero-order valence-electron chi connectivity index (χ0n) is 12.6. The quantitative estimate of drug-likeness (QED) is 0.743. The van der Waals surface area contributed by atoms with Gasteiger partial charge >= 0.3 is 0 Å². The lowest BCUT2D eigenvalue weighted by molar-refractivity contribution is 0.236. The molecule has 0 aliphatic rings. The molecule has 1 N–H and O–H groups in total. The lowest BCUT2D eigenvalue weighted by Crippen LogP contribution is -2.27. The van der Waals surface area contributed by atoms with Crippen molar-refractivity contribution >= 4 is 0 Å². The Hall–Kier alpha value is -1.22. The van der Waals surface area contributed by atoms with Gasteiger partial charge in [0.15, 0.2) is 11.5 Å². The van der Waals surface area contributed by atoms with E-state index < -0.39 is 0 Å². The fourth-order valence-electron chi connectivity index (χ4n) is 2.06. The molecule has 0 aromatic heterocycles. The van der Waals surface area contributed by atoms with E-state index in [1.165, 1.54) is 0 Å². The van der Waals surface area contributed by atoms with E-state index >= 15 is 0 Å². The van der Waals surface area contributed by atoms with Gasteiger partial charge in [0.05, 0.1) is 13.7 Å². The van der Waals surface area contributed by atoms with Gasteiger partial charge < -0.3 is 14.8 Å². The molecule has 0 bridgehead atoms. The summed E-state index contributed by atoms with van der Waals surface area (Å²) >= 11 is 0. The van der Waals surface area contributed by atoms with Crippen LogP contribution in [-0.4, -0.2) is 26.8 Å². The summed E-state index contributed by atoms with van der Waals surface area (Å²) in [5, 5.41) is 3.42. The number of hydrogen-bond donors (Lipinski definition) is 1. The second-order valence-electron chi connectivity index (χ2n) is 5.10. The molecule has 0 heterocycles. The van der Waals surface area contributed by atoms with Gasteiger partial charge in [-0.25, -0.2) is 0 Å². The third-order valence-corrected chi connectivity index (χ3v) is 3.41. The largest absolute Gasteiger partial charge is 0.493 e. The molecule has 0 fully saturated rings. The van der Waals surface area contributed by atoms with Crippen LogP contribution in [0.5, 0.6) is 11.5 Å². The predicted octanol–water partition coefficient (Wildman–Crippen LogP) is 3.35. The Morgan fingerprint density at radius 3 is 2.42 bits per heavy atom. The van der Waals surface area contributed by atoms with E-state index in [1.54, 1.807) is 7.11 Å². The van der Waals surface area contributed by atoms with Crippen molar-refractivity contribution in [1.29, 1.82) is 0 Å². The van der Waals surface area contributed by atoms with Crippen LogP contribution in [0, 0.1) is 11.8 Å². The van der Waals surface area contributed by atoms with Crippen molar-refractivity contribution in [1.82, 2.24) is 5.32 Å². The molecule has 0 amide bonds. The summed E-state index contributed by atoms with van der Waals surface area (Å²) in [5.41, 5.74) is 0. The monoisotopic (exact) mass is 265 g/mol. The molecule has 3 nitrogen and oxygen atoms in total. The second kappa shape index (κ2) is 8.81. The van der Waals surface area contributed by atoms with Gasteiger partial charge in [-0.05, 0) is 43.5 Å². The number of methoxy groups -OCH3 is 1. The maximum atomic E-state index is 5.84. The maximum absolute atomic E-state index is 5.84. The summed E-state index contributed by atoms with van der Waals surface area (Å²) < 4.78 is 11.1. The first kappa shape index (κ1) is 15.8. The zero-order chi connectivity index (χ0) is 14.1. The zero-order valence-corrected chi connectivity index (χ0v) is 12.6. The molecule has 1 rings (SSSR count). The number of benzene rings is 1. The minimum Gasteiger partial charge on any atom is -0.493 e. The molecule has 0 aliphatic carbocycles. The number of para-hydroxylation sites is 2. The van der Waals surface area contributed by atoms with E-state index in [9.17, 15) is 0 Å². The number of rotatable bonds is 9. The van der Waals surface area contributed by atoms with Crippen molar-refractivity contribution in [2.24, 2.45) is 11.8 Å². The summed E-state index contributed by atoms with van der Waals surface area (Å²) in [6.45, 7) is 9.49. The molecule has 1 aromatic rings. The van der Waals surface area contributed by atoms with Crippen molar-refractivity contribution in [2.45, 2.75) is 27.2 Å². The average Bonchev–Trinajstić information content (AvgIpc) is 2.42. The fourth-order valence-corrected chi connectivity index (χ4v) is 2.06. The SMILES string of the molecule is CCNCC(CCOc1ccccc1OC)C(C)C. The minimum absolute atomic E-state index is 0.648. The average molecular weight is 265 g/mol. The van der Waals surface area contributed by atoms with E-state index in [0.717, 1.165) is 37.6 Å². The lowest BCUT2D eigenvalue weighted by atomic mass is 9.93. The smallest absolute Gasteiger partial charge is 0.161 e. The van der Waals surface area contributed by atoms with Gasteiger partial charge in [0, 0.05) is 0 Å². The lowest BCUT2D eigenvalue weighted by Gasteiger charge is -2.21. The standard InChI is InChI=1S/C16H27NO2/c1-5-17-12-14(13(2)3)10-11-19-16-9-7-6-8-15(16)18-4/h6-9,13-14,17H,5,10-12H2,1-4H3. The summed E-state index contributed by atoms with van der Waals surface area (Å²) in [4.78, 5) is 0. The topological polar surface area (TPSA) is 30.5 Å². The molecular weight excluding hydrogens is 238 g/mol. The van der Waals surface area contributed by atoms with Gasteiger partial charge in [0.1, 0.15) is 0 Å². The van der Waals surface area contributed by atoms with Gasteiger partial charge in [0.2, 0.25) is 0 Å². The first-order chi connectivity index (χ1) is 9.19. The van der Waals surface area contributed by atoms with Gasteiger partial charge in [-0.2, -0.15) is 0 Å². The van der Waals surface area contributed by atoms with Crippen LogP contribution in [0.2, 0.25) is 0 Å². The summed E-state index contributed by atoms with van der Waals surface area (Å²) in [5.74, 6) is 2.95. The Balaban J connectivity index is 2.42. The Bertz CT molecular complexity index is 352. The molecule has 0 spiro atoms. The van der Waals surface area contributed by atoms with Crippen LogP contribution in [-0.2, 0) is 0 Å². The Kier molecular flexibility index (Phi) is 7.34. The van der Waals surface area contributed by atoms with Crippen LogP contribution in [0.4, 0.5) is 0 Å². The van der Waals surface area contributed by atoms with Crippen LogP contribution in [0.3, 0.4) is 0 Å². The van der Waals surface area contributed by atoms with Crippen molar-refractivity contribution in [3.8, 4) is 11.5 Å². The molecule has 0 saturated heterocycles. The Labute approximate surface area is 117 Å². The Morgan fingerprint density at radius 2 is 1.84 bits per heavy atom. The molecular formula is C16H27NO2. The van der Waals surface area contributed by atoms with E-state index in [4.69, 9.17) is 9.47 Å². The highest BCUT2D eigenvalue weighted by Crippen LogP contribution is 2.26. The molecule has 0 aliphatic heterocycles. The van der Waals surface area contributed by atoms with Crippen LogP contribution < -0.4 is 14.8 Å². The molecule has 1 unspecified atom stereocenters. The highest BCUT2D eigenvalue weighted by molar-refractivity contribution is 5.39.